The van der Waals surface area contributed by atoms with Gasteiger partial charge in [-0.1, -0.05) is 42.5 Å². The number of nitrogens with one attached hydrogen (secondary N) is 2. The van der Waals surface area contributed by atoms with Gasteiger partial charge in [-0.2, -0.15) is 0 Å². The molecule has 0 fully saturated rings. The van der Waals surface area contributed by atoms with Crippen molar-refractivity contribution in [1.29, 1.82) is 0 Å². The maximum absolute atomic E-state index is 12.5. The summed E-state index contributed by atoms with van der Waals surface area (Å²) in [5.41, 5.74) is 1.65. The highest BCUT2D eigenvalue weighted by molar-refractivity contribution is 6.06. The van der Waals surface area contributed by atoms with Crippen LogP contribution in [0.4, 0.5) is 5.69 Å². The van der Waals surface area contributed by atoms with Gasteiger partial charge in [0.2, 0.25) is 5.91 Å². The van der Waals surface area contributed by atoms with Crippen LogP contribution in [0.2, 0.25) is 0 Å². The van der Waals surface area contributed by atoms with Crippen LogP contribution in [0.25, 0.3) is 0 Å². The number of ether oxygens (including phenoxy) is 2. The minimum absolute atomic E-state index is 0.0995. The first-order valence-corrected chi connectivity index (χ1v) is 10.5. The molecule has 8 heteroatoms. The van der Waals surface area contributed by atoms with E-state index in [1.165, 1.54) is 6.07 Å². The highest BCUT2D eigenvalue weighted by Gasteiger charge is 2.17. The lowest BCUT2D eigenvalue weighted by atomic mass is 10.1. The van der Waals surface area contributed by atoms with Crippen molar-refractivity contribution in [3.05, 3.63) is 95.6 Å². The van der Waals surface area contributed by atoms with Crippen LogP contribution in [0, 0.1) is 0 Å². The minimum atomic E-state index is -0.798. The molecule has 0 saturated carbocycles. The van der Waals surface area contributed by atoms with Gasteiger partial charge in [0.25, 0.3) is 11.8 Å². The van der Waals surface area contributed by atoms with Gasteiger partial charge in [0.05, 0.1) is 18.4 Å². The number of esters is 1. The molecule has 0 radical (unpaired) electrons. The summed E-state index contributed by atoms with van der Waals surface area (Å²) in [5, 5.41) is 4.86. The Balaban J connectivity index is 1.52. The number of hydrogen-bond acceptors (Lipinski definition) is 6. The predicted octanol–water partition coefficient (Wildman–Crippen LogP) is 3.38. The number of carbonyl (C=O) groups excluding carboxylic acids is 4. The molecule has 0 heterocycles. The quantitative estimate of drug-likeness (QED) is 0.474. The van der Waals surface area contributed by atoms with Crippen LogP contribution in [-0.2, 0) is 20.7 Å². The van der Waals surface area contributed by atoms with E-state index in [0.717, 1.165) is 11.3 Å². The summed E-state index contributed by atoms with van der Waals surface area (Å²) in [6.07, 6.45) is 0.720. The number of imide groups is 1. The minimum Gasteiger partial charge on any atom is -0.497 e. The molecule has 174 valence electrons. The summed E-state index contributed by atoms with van der Waals surface area (Å²) >= 11 is 0. The standard InChI is InChI=1S/C26H24N2O6/c1-33-20-14-11-18(12-15-20)13-16-23(29)27-22-10-6-5-9-21(22)26(32)34-17-24(30)28-25(31)19-7-3-2-4-8-19/h2-12,14-15H,13,16-17H2,1H3,(H,27,29)(H,28,30,31). The van der Waals surface area contributed by atoms with E-state index < -0.39 is 24.4 Å². The maximum Gasteiger partial charge on any atom is 0.340 e. The number of aryl methyl sites for hydroxylation is 1. The van der Waals surface area contributed by atoms with E-state index in [-0.39, 0.29) is 23.6 Å². The summed E-state index contributed by atoms with van der Waals surface area (Å²) in [4.78, 5) is 48.9. The molecule has 0 saturated heterocycles. The molecule has 3 rings (SSSR count). The molecule has 0 atom stereocenters. The van der Waals surface area contributed by atoms with Crippen LogP contribution < -0.4 is 15.4 Å². The van der Waals surface area contributed by atoms with Crippen LogP contribution in [0.15, 0.2) is 78.9 Å². The highest BCUT2D eigenvalue weighted by atomic mass is 16.5. The Morgan fingerprint density at radius 2 is 1.47 bits per heavy atom. The van der Waals surface area contributed by atoms with E-state index in [4.69, 9.17) is 9.47 Å². The van der Waals surface area contributed by atoms with Crippen LogP contribution in [0.5, 0.6) is 5.75 Å². The number of methoxy groups -OCH3 is 1. The fraction of sp³-hybridized carbons (Fsp3) is 0.154. The summed E-state index contributed by atoms with van der Waals surface area (Å²) in [7, 11) is 1.58. The molecule has 0 spiro atoms. The third-order valence-electron chi connectivity index (χ3n) is 4.84. The summed E-state index contributed by atoms with van der Waals surface area (Å²) < 4.78 is 10.2. The summed E-state index contributed by atoms with van der Waals surface area (Å²) in [6.45, 7) is -0.642. The van der Waals surface area contributed by atoms with E-state index in [1.807, 2.05) is 24.3 Å². The Morgan fingerprint density at radius 3 is 2.18 bits per heavy atom. The Kier molecular flexibility index (Phi) is 8.51. The van der Waals surface area contributed by atoms with Crippen molar-refractivity contribution in [2.24, 2.45) is 0 Å². The van der Waals surface area contributed by atoms with E-state index in [0.29, 0.717) is 12.0 Å². The lowest BCUT2D eigenvalue weighted by Crippen LogP contribution is -2.34. The second-order valence-corrected chi connectivity index (χ2v) is 7.26. The van der Waals surface area contributed by atoms with Gasteiger partial charge in [-0.3, -0.25) is 19.7 Å². The van der Waals surface area contributed by atoms with Gasteiger partial charge >= 0.3 is 5.97 Å². The zero-order valence-corrected chi connectivity index (χ0v) is 18.6. The third-order valence-corrected chi connectivity index (χ3v) is 4.84. The molecule has 0 aliphatic carbocycles. The lowest BCUT2D eigenvalue weighted by molar-refractivity contribution is -0.123. The van der Waals surface area contributed by atoms with Gasteiger partial charge in [0.1, 0.15) is 5.75 Å². The topological polar surface area (TPSA) is 111 Å². The van der Waals surface area contributed by atoms with Gasteiger partial charge in [0.15, 0.2) is 6.61 Å². The van der Waals surface area contributed by atoms with E-state index in [9.17, 15) is 19.2 Å². The number of rotatable bonds is 9. The average molecular weight is 460 g/mol. The third kappa shape index (κ3) is 7.03. The molecular weight excluding hydrogens is 436 g/mol. The lowest BCUT2D eigenvalue weighted by Gasteiger charge is -2.11. The van der Waals surface area contributed by atoms with Crippen molar-refractivity contribution in [1.82, 2.24) is 5.32 Å². The number of hydrogen-bond donors (Lipinski definition) is 2. The Hall–Kier alpha value is -4.46. The highest BCUT2D eigenvalue weighted by Crippen LogP contribution is 2.18. The van der Waals surface area contributed by atoms with Gasteiger partial charge in [0, 0.05) is 12.0 Å². The fourth-order valence-corrected chi connectivity index (χ4v) is 3.07. The first-order valence-electron chi connectivity index (χ1n) is 10.5. The Labute approximate surface area is 196 Å². The van der Waals surface area contributed by atoms with E-state index in [1.54, 1.807) is 55.6 Å². The molecule has 0 aliphatic rings. The maximum atomic E-state index is 12.5. The molecule has 8 nitrogen and oxygen atoms in total. The molecule has 3 amide bonds. The van der Waals surface area contributed by atoms with E-state index >= 15 is 0 Å². The Bertz CT molecular complexity index is 1160. The number of amides is 3. The predicted molar refractivity (Wildman–Crippen MR) is 126 cm³/mol. The summed E-state index contributed by atoms with van der Waals surface area (Å²) in [5.74, 6) is -1.69. The van der Waals surface area contributed by atoms with Crippen molar-refractivity contribution in [2.45, 2.75) is 12.8 Å². The van der Waals surface area contributed by atoms with Crippen molar-refractivity contribution in [2.75, 3.05) is 19.0 Å². The van der Waals surface area contributed by atoms with Crippen molar-refractivity contribution in [3.8, 4) is 5.75 Å². The normalized spacial score (nSPS) is 10.1. The molecule has 0 unspecified atom stereocenters. The molecule has 34 heavy (non-hydrogen) atoms. The molecular formula is C26H24N2O6. The molecule has 0 aromatic heterocycles. The van der Waals surface area contributed by atoms with Gasteiger partial charge in [-0.25, -0.2) is 4.79 Å². The molecule has 3 aromatic carbocycles. The van der Waals surface area contributed by atoms with Gasteiger partial charge in [-0.15, -0.1) is 0 Å². The first kappa shape index (κ1) is 24.2. The monoisotopic (exact) mass is 460 g/mol. The fourth-order valence-electron chi connectivity index (χ4n) is 3.07. The number of benzene rings is 3. The number of carbonyl (C=O) groups is 4. The molecule has 3 aromatic rings. The SMILES string of the molecule is COc1ccc(CCC(=O)Nc2ccccc2C(=O)OCC(=O)NC(=O)c2ccccc2)cc1. The van der Waals surface area contributed by atoms with Gasteiger partial charge in [-0.05, 0) is 48.4 Å². The molecule has 0 bridgehead atoms. The van der Waals surface area contributed by atoms with Crippen molar-refractivity contribution in [3.63, 3.8) is 0 Å². The Morgan fingerprint density at radius 1 is 0.794 bits per heavy atom. The molecule has 2 N–H and O–H groups in total. The van der Waals surface area contributed by atoms with Gasteiger partial charge < -0.3 is 14.8 Å². The average Bonchev–Trinajstić information content (AvgIpc) is 2.87. The largest absolute Gasteiger partial charge is 0.497 e. The smallest absolute Gasteiger partial charge is 0.340 e. The zero-order valence-electron chi connectivity index (χ0n) is 18.6. The molecule has 0 aliphatic heterocycles. The van der Waals surface area contributed by atoms with E-state index in [2.05, 4.69) is 10.6 Å². The first-order chi connectivity index (χ1) is 16.5. The van der Waals surface area contributed by atoms with Crippen molar-refractivity contribution >= 4 is 29.4 Å². The van der Waals surface area contributed by atoms with Crippen molar-refractivity contribution < 1.29 is 28.7 Å². The second kappa shape index (κ2) is 12.0. The second-order valence-electron chi connectivity index (χ2n) is 7.26. The summed E-state index contributed by atoms with van der Waals surface area (Å²) in [6, 6.07) is 21.9. The van der Waals surface area contributed by atoms with Crippen LogP contribution in [-0.4, -0.2) is 37.4 Å². The zero-order chi connectivity index (χ0) is 24.3. The van der Waals surface area contributed by atoms with Crippen LogP contribution in [0.3, 0.4) is 0 Å². The number of para-hydroxylation sites is 1. The van der Waals surface area contributed by atoms with Crippen LogP contribution in [0.1, 0.15) is 32.7 Å². The van der Waals surface area contributed by atoms with Crippen LogP contribution >= 0.6 is 0 Å². The number of anilines is 1.